The van der Waals surface area contributed by atoms with Gasteiger partial charge in [-0.05, 0) is 27.7 Å². The van der Waals surface area contributed by atoms with Crippen molar-refractivity contribution in [1.29, 1.82) is 0 Å². The van der Waals surface area contributed by atoms with Crippen molar-refractivity contribution in [2.75, 3.05) is 5.73 Å². The Hall–Kier alpha value is -1.59. The van der Waals surface area contributed by atoms with E-state index in [1.807, 2.05) is 20.8 Å². The molecule has 0 aliphatic carbocycles. The maximum absolute atomic E-state index is 10.7. The van der Waals surface area contributed by atoms with Crippen molar-refractivity contribution >= 4 is 11.5 Å². The molecule has 1 heterocycles. The number of nitrogens with two attached hydrogens (primary N) is 1. The fourth-order valence-corrected chi connectivity index (χ4v) is 1.27. The summed E-state index contributed by atoms with van der Waals surface area (Å²) in [5.74, 6) is 0.111. The van der Waals surface area contributed by atoms with Crippen LogP contribution in [0.15, 0.2) is 0 Å². The van der Waals surface area contributed by atoms with Crippen molar-refractivity contribution in [3.05, 3.63) is 15.8 Å². The third-order valence-electron chi connectivity index (χ3n) is 1.88. The molecule has 0 atom stereocenters. The Morgan fingerprint density at radius 1 is 1.50 bits per heavy atom. The second kappa shape index (κ2) is 2.97. The van der Waals surface area contributed by atoms with Gasteiger partial charge in [0.05, 0.1) is 10.5 Å². The molecule has 0 bridgehead atoms. The largest absolute Gasteiger partial charge is 0.378 e. The van der Waals surface area contributed by atoms with Crippen molar-refractivity contribution < 1.29 is 4.92 Å². The number of hydrogen-bond acceptors (Lipinski definition) is 4. The van der Waals surface area contributed by atoms with Crippen LogP contribution < -0.4 is 5.73 Å². The van der Waals surface area contributed by atoms with Gasteiger partial charge in [0.1, 0.15) is 5.69 Å². The standard InChI is InChI=1S/C8H14N4O2/c1-5-6(12(13)14)7(9)11(10-5)8(2,3)4/h9H2,1-4H3. The van der Waals surface area contributed by atoms with Crippen LogP contribution in [-0.2, 0) is 5.54 Å². The molecular weight excluding hydrogens is 184 g/mol. The van der Waals surface area contributed by atoms with E-state index < -0.39 is 4.92 Å². The van der Waals surface area contributed by atoms with E-state index >= 15 is 0 Å². The van der Waals surface area contributed by atoms with Gasteiger partial charge in [-0.2, -0.15) is 5.10 Å². The summed E-state index contributed by atoms with van der Waals surface area (Å²) in [6.07, 6.45) is 0. The van der Waals surface area contributed by atoms with Gasteiger partial charge in [-0.25, -0.2) is 4.68 Å². The number of nitrogens with zero attached hydrogens (tertiary/aromatic N) is 3. The highest BCUT2D eigenvalue weighted by atomic mass is 16.6. The summed E-state index contributed by atoms with van der Waals surface area (Å²) < 4.78 is 1.47. The molecule has 1 aromatic rings. The van der Waals surface area contributed by atoms with Gasteiger partial charge in [-0.1, -0.05) is 0 Å². The molecule has 0 aliphatic rings. The first-order chi connectivity index (χ1) is 6.25. The van der Waals surface area contributed by atoms with E-state index in [-0.39, 0.29) is 17.0 Å². The van der Waals surface area contributed by atoms with E-state index in [4.69, 9.17) is 5.73 Å². The molecule has 0 saturated carbocycles. The van der Waals surface area contributed by atoms with Crippen LogP contribution in [0, 0.1) is 17.0 Å². The summed E-state index contributed by atoms with van der Waals surface area (Å²) in [4.78, 5) is 10.2. The summed E-state index contributed by atoms with van der Waals surface area (Å²) in [6, 6.07) is 0. The topological polar surface area (TPSA) is 87.0 Å². The molecular formula is C8H14N4O2. The lowest BCUT2D eigenvalue weighted by molar-refractivity contribution is -0.384. The molecule has 6 heteroatoms. The Morgan fingerprint density at radius 2 is 2.00 bits per heavy atom. The Kier molecular flexibility index (Phi) is 2.22. The normalized spacial score (nSPS) is 11.7. The summed E-state index contributed by atoms with van der Waals surface area (Å²) in [5.41, 5.74) is 5.56. The van der Waals surface area contributed by atoms with E-state index in [0.29, 0.717) is 5.69 Å². The lowest BCUT2D eigenvalue weighted by atomic mass is 10.1. The molecule has 6 nitrogen and oxygen atoms in total. The predicted octanol–water partition coefficient (Wildman–Crippen LogP) is 1.44. The highest BCUT2D eigenvalue weighted by molar-refractivity contribution is 5.56. The molecule has 2 N–H and O–H groups in total. The molecule has 0 unspecified atom stereocenters. The Labute approximate surface area is 81.9 Å². The molecule has 0 amide bonds. The van der Waals surface area contributed by atoms with Crippen LogP contribution >= 0.6 is 0 Å². The summed E-state index contributed by atoms with van der Waals surface area (Å²) in [5, 5.41) is 14.7. The average Bonchev–Trinajstić information content (AvgIpc) is 2.24. The minimum atomic E-state index is -0.500. The third-order valence-corrected chi connectivity index (χ3v) is 1.88. The van der Waals surface area contributed by atoms with Crippen LogP contribution in [-0.4, -0.2) is 14.7 Å². The van der Waals surface area contributed by atoms with Gasteiger partial charge in [0.2, 0.25) is 5.82 Å². The molecule has 0 aliphatic heterocycles. The van der Waals surface area contributed by atoms with E-state index in [0.717, 1.165) is 0 Å². The molecule has 0 spiro atoms. The molecule has 0 aromatic carbocycles. The molecule has 1 aromatic heterocycles. The Balaban J connectivity index is 3.39. The molecule has 0 fully saturated rings. The fourth-order valence-electron chi connectivity index (χ4n) is 1.27. The average molecular weight is 198 g/mol. The maximum atomic E-state index is 10.7. The van der Waals surface area contributed by atoms with Gasteiger partial charge in [0.25, 0.3) is 0 Å². The van der Waals surface area contributed by atoms with Crippen LogP contribution in [0.1, 0.15) is 26.5 Å². The van der Waals surface area contributed by atoms with Gasteiger partial charge in [0.15, 0.2) is 0 Å². The van der Waals surface area contributed by atoms with Crippen LogP contribution in [0.3, 0.4) is 0 Å². The van der Waals surface area contributed by atoms with Crippen molar-refractivity contribution in [2.45, 2.75) is 33.2 Å². The SMILES string of the molecule is Cc1nn(C(C)(C)C)c(N)c1[N+](=O)[O-]. The van der Waals surface area contributed by atoms with Crippen molar-refractivity contribution in [3.8, 4) is 0 Å². The first-order valence-electron chi connectivity index (χ1n) is 4.25. The monoisotopic (exact) mass is 198 g/mol. The lowest BCUT2D eigenvalue weighted by Gasteiger charge is -2.19. The summed E-state index contributed by atoms with van der Waals surface area (Å²) >= 11 is 0. The number of aryl methyl sites for hydroxylation is 1. The summed E-state index contributed by atoms with van der Waals surface area (Å²) in [7, 11) is 0. The van der Waals surface area contributed by atoms with E-state index in [2.05, 4.69) is 5.10 Å². The maximum Gasteiger partial charge on any atom is 0.333 e. The zero-order valence-electron chi connectivity index (χ0n) is 8.74. The second-order valence-electron chi connectivity index (χ2n) is 4.16. The van der Waals surface area contributed by atoms with Crippen LogP contribution in [0.2, 0.25) is 0 Å². The number of anilines is 1. The molecule has 78 valence electrons. The van der Waals surface area contributed by atoms with Gasteiger partial charge >= 0.3 is 5.69 Å². The minimum absolute atomic E-state index is 0.0973. The fraction of sp³-hybridized carbons (Fsp3) is 0.625. The number of hydrogen-bond donors (Lipinski definition) is 1. The van der Waals surface area contributed by atoms with E-state index in [1.54, 1.807) is 6.92 Å². The molecule has 0 radical (unpaired) electrons. The van der Waals surface area contributed by atoms with Gasteiger partial charge in [-0.3, -0.25) is 10.1 Å². The highest BCUT2D eigenvalue weighted by Crippen LogP contribution is 2.29. The first kappa shape index (κ1) is 10.5. The van der Waals surface area contributed by atoms with Gasteiger partial charge in [-0.15, -0.1) is 0 Å². The Bertz CT molecular complexity index is 375. The predicted molar refractivity (Wildman–Crippen MR) is 53.0 cm³/mol. The number of nitrogen functional groups attached to an aromatic ring is 1. The molecule has 1 rings (SSSR count). The van der Waals surface area contributed by atoms with E-state index in [9.17, 15) is 10.1 Å². The van der Waals surface area contributed by atoms with Crippen LogP contribution in [0.4, 0.5) is 11.5 Å². The number of aromatic nitrogens is 2. The summed E-state index contributed by atoms with van der Waals surface area (Å²) in [6.45, 7) is 7.25. The first-order valence-corrected chi connectivity index (χ1v) is 4.25. The lowest BCUT2D eigenvalue weighted by Crippen LogP contribution is -2.24. The number of nitro groups is 1. The highest BCUT2D eigenvalue weighted by Gasteiger charge is 2.28. The second-order valence-corrected chi connectivity index (χ2v) is 4.16. The van der Waals surface area contributed by atoms with Crippen LogP contribution in [0.5, 0.6) is 0 Å². The number of rotatable bonds is 1. The van der Waals surface area contributed by atoms with Gasteiger partial charge < -0.3 is 5.73 Å². The quantitative estimate of drug-likeness (QED) is 0.546. The minimum Gasteiger partial charge on any atom is -0.378 e. The Morgan fingerprint density at radius 3 is 2.21 bits per heavy atom. The third kappa shape index (κ3) is 1.55. The van der Waals surface area contributed by atoms with Crippen LogP contribution in [0.25, 0.3) is 0 Å². The van der Waals surface area contributed by atoms with Gasteiger partial charge in [0, 0.05) is 0 Å². The smallest absolute Gasteiger partial charge is 0.333 e. The zero-order chi connectivity index (χ0) is 11.1. The zero-order valence-corrected chi connectivity index (χ0v) is 8.74. The van der Waals surface area contributed by atoms with Crippen molar-refractivity contribution in [2.24, 2.45) is 0 Å². The van der Waals surface area contributed by atoms with E-state index in [1.165, 1.54) is 4.68 Å². The van der Waals surface area contributed by atoms with Crippen molar-refractivity contribution in [3.63, 3.8) is 0 Å². The molecule has 0 saturated heterocycles. The van der Waals surface area contributed by atoms with Crippen molar-refractivity contribution in [1.82, 2.24) is 9.78 Å². The molecule has 14 heavy (non-hydrogen) atoms.